The average molecular weight is 515 g/mol. The molecule has 0 spiro atoms. The first-order valence-corrected chi connectivity index (χ1v) is 13.9. The van der Waals surface area contributed by atoms with E-state index in [1.54, 1.807) is 25.4 Å². The second-order valence-electron chi connectivity index (χ2n) is 10.3. The molecule has 3 aromatic rings. The molecule has 5 rings (SSSR count). The van der Waals surface area contributed by atoms with Crippen LogP contribution in [0.4, 0.5) is 15.8 Å². The fourth-order valence-electron chi connectivity index (χ4n) is 6.07. The van der Waals surface area contributed by atoms with Gasteiger partial charge in [-0.2, -0.15) is 0 Å². The van der Waals surface area contributed by atoms with E-state index in [1.165, 1.54) is 16.8 Å². The molecular formula is C32H39FN4O. The van der Waals surface area contributed by atoms with Crippen molar-refractivity contribution >= 4 is 28.4 Å². The predicted octanol–water partition coefficient (Wildman–Crippen LogP) is 6.33. The molecule has 38 heavy (non-hydrogen) atoms. The monoisotopic (exact) mass is 514 g/mol. The third kappa shape index (κ3) is 5.41. The van der Waals surface area contributed by atoms with Gasteiger partial charge >= 0.3 is 0 Å². The Balaban J connectivity index is 1.25. The molecule has 2 saturated heterocycles. The van der Waals surface area contributed by atoms with E-state index in [0.717, 1.165) is 81.9 Å². The molecule has 0 saturated carbocycles. The number of ether oxygens (including phenoxy) is 1. The highest BCUT2D eigenvalue weighted by molar-refractivity contribution is 5.91. The van der Waals surface area contributed by atoms with E-state index in [-0.39, 0.29) is 5.82 Å². The molecule has 0 N–H and O–H groups in total. The minimum atomic E-state index is -0.202. The number of fused-ring (bicyclic) bond motifs is 1. The predicted molar refractivity (Wildman–Crippen MR) is 157 cm³/mol. The SMILES string of the molecule is C=C/C=C\c1cc(OC)cc(N2CCN(C3CCN(c4ccc(F)c5cccnc45)CC3)CC2)c1CCC. The summed E-state index contributed by atoms with van der Waals surface area (Å²) in [5, 5.41) is 0.603. The topological polar surface area (TPSA) is 31.8 Å². The van der Waals surface area contributed by atoms with E-state index >= 15 is 0 Å². The van der Waals surface area contributed by atoms with Crippen LogP contribution >= 0.6 is 0 Å². The summed E-state index contributed by atoms with van der Waals surface area (Å²) in [6, 6.07) is 12.0. The van der Waals surface area contributed by atoms with Gasteiger partial charge in [-0.3, -0.25) is 9.88 Å². The Labute approximate surface area is 226 Å². The van der Waals surface area contributed by atoms with Gasteiger partial charge in [-0.1, -0.05) is 38.2 Å². The van der Waals surface area contributed by atoms with Gasteiger partial charge in [0.15, 0.2) is 0 Å². The molecule has 2 aliphatic heterocycles. The second-order valence-corrected chi connectivity index (χ2v) is 10.3. The average Bonchev–Trinajstić information content (AvgIpc) is 2.97. The van der Waals surface area contributed by atoms with Crippen LogP contribution in [0.15, 0.2) is 61.3 Å². The molecule has 2 aromatic carbocycles. The van der Waals surface area contributed by atoms with Crippen molar-refractivity contribution < 1.29 is 9.13 Å². The molecule has 5 nitrogen and oxygen atoms in total. The van der Waals surface area contributed by atoms with Crippen molar-refractivity contribution in [3.05, 3.63) is 78.3 Å². The summed E-state index contributed by atoms with van der Waals surface area (Å²) in [5.74, 6) is 0.702. The summed E-state index contributed by atoms with van der Waals surface area (Å²) >= 11 is 0. The number of hydrogen-bond acceptors (Lipinski definition) is 5. The highest BCUT2D eigenvalue weighted by Crippen LogP contribution is 2.34. The fraction of sp³-hybridized carbons (Fsp3) is 0.406. The number of allylic oxidation sites excluding steroid dienone is 2. The number of methoxy groups -OCH3 is 1. The molecule has 0 bridgehead atoms. The third-order valence-corrected chi connectivity index (χ3v) is 8.05. The van der Waals surface area contributed by atoms with Crippen molar-refractivity contribution in [1.29, 1.82) is 0 Å². The molecule has 200 valence electrons. The minimum Gasteiger partial charge on any atom is -0.497 e. The Morgan fingerprint density at radius 2 is 1.79 bits per heavy atom. The van der Waals surface area contributed by atoms with Crippen molar-refractivity contribution in [1.82, 2.24) is 9.88 Å². The third-order valence-electron chi connectivity index (χ3n) is 8.05. The van der Waals surface area contributed by atoms with Gasteiger partial charge in [-0.25, -0.2) is 4.39 Å². The van der Waals surface area contributed by atoms with E-state index < -0.39 is 0 Å². The first-order chi connectivity index (χ1) is 18.6. The van der Waals surface area contributed by atoms with Gasteiger partial charge in [0, 0.05) is 68.6 Å². The Kier molecular flexibility index (Phi) is 8.28. The van der Waals surface area contributed by atoms with Crippen LogP contribution in [-0.4, -0.2) is 62.3 Å². The van der Waals surface area contributed by atoms with Crippen LogP contribution in [-0.2, 0) is 6.42 Å². The van der Waals surface area contributed by atoms with Gasteiger partial charge < -0.3 is 14.5 Å². The lowest BCUT2D eigenvalue weighted by atomic mass is 9.97. The number of anilines is 2. The maximum absolute atomic E-state index is 14.3. The zero-order valence-corrected chi connectivity index (χ0v) is 22.7. The first kappa shape index (κ1) is 26.2. The molecule has 2 fully saturated rings. The van der Waals surface area contributed by atoms with Crippen LogP contribution in [0, 0.1) is 5.82 Å². The van der Waals surface area contributed by atoms with E-state index in [1.807, 2.05) is 24.3 Å². The lowest BCUT2D eigenvalue weighted by molar-refractivity contribution is 0.160. The zero-order chi connectivity index (χ0) is 26.5. The molecule has 0 amide bonds. The Bertz CT molecular complexity index is 1290. The number of aromatic nitrogens is 1. The number of benzene rings is 2. The Hall–Kier alpha value is -3.38. The van der Waals surface area contributed by atoms with Crippen LogP contribution < -0.4 is 14.5 Å². The molecular weight excluding hydrogens is 475 g/mol. The number of nitrogens with zero attached hydrogens (tertiary/aromatic N) is 4. The highest BCUT2D eigenvalue weighted by atomic mass is 19.1. The minimum absolute atomic E-state index is 0.202. The quantitative estimate of drug-likeness (QED) is 0.328. The number of hydrogen-bond donors (Lipinski definition) is 0. The standard InChI is InChI=1S/C32H39FN4O/c1-4-6-9-24-22-26(38-3)23-31(27(24)8-5-2)37-20-18-35(19-21-37)25-13-16-36(17-14-25)30-12-11-29(33)28-10-7-15-34-32(28)30/h4,6-7,9-12,15,22-23,25H,1,5,8,13-14,16-21H2,2-3H3/b9-6-. The number of piperazine rings is 1. The lowest BCUT2D eigenvalue weighted by Gasteiger charge is -2.44. The van der Waals surface area contributed by atoms with Crippen molar-refractivity contribution in [2.45, 2.75) is 38.6 Å². The van der Waals surface area contributed by atoms with E-state index in [2.05, 4.69) is 51.4 Å². The molecule has 0 atom stereocenters. The molecule has 1 aromatic heterocycles. The van der Waals surface area contributed by atoms with Gasteiger partial charge in [0.25, 0.3) is 0 Å². The normalized spacial score (nSPS) is 17.4. The van der Waals surface area contributed by atoms with Crippen molar-refractivity contribution in [2.24, 2.45) is 0 Å². The summed E-state index contributed by atoms with van der Waals surface area (Å²) in [5.41, 5.74) is 5.74. The van der Waals surface area contributed by atoms with Crippen LogP contribution in [0.1, 0.15) is 37.3 Å². The molecule has 2 aliphatic rings. The number of pyridine rings is 1. The maximum atomic E-state index is 14.3. The Morgan fingerprint density at radius 1 is 1.03 bits per heavy atom. The summed E-state index contributed by atoms with van der Waals surface area (Å²) in [7, 11) is 1.74. The van der Waals surface area contributed by atoms with Gasteiger partial charge in [-0.05, 0) is 60.7 Å². The molecule has 0 radical (unpaired) electrons. The number of rotatable bonds is 8. The molecule has 0 aliphatic carbocycles. The highest BCUT2D eigenvalue weighted by Gasteiger charge is 2.29. The lowest BCUT2D eigenvalue weighted by Crippen LogP contribution is -2.53. The first-order valence-electron chi connectivity index (χ1n) is 13.9. The number of halogens is 1. The van der Waals surface area contributed by atoms with Crippen molar-refractivity contribution in [3.63, 3.8) is 0 Å². The molecule has 0 unspecified atom stereocenters. The fourth-order valence-corrected chi connectivity index (χ4v) is 6.07. The van der Waals surface area contributed by atoms with Gasteiger partial charge in [0.2, 0.25) is 0 Å². The zero-order valence-electron chi connectivity index (χ0n) is 22.7. The number of piperidine rings is 1. The van der Waals surface area contributed by atoms with E-state index in [0.29, 0.717) is 11.4 Å². The van der Waals surface area contributed by atoms with Crippen LogP contribution in [0.5, 0.6) is 5.75 Å². The smallest absolute Gasteiger partial charge is 0.132 e. The summed E-state index contributed by atoms with van der Waals surface area (Å²) in [6.07, 6.45) is 12.1. The van der Waals surface area contributed by atoms with Crippen LogP contribution in [0.25, 0.3) is 17.0 Å². The largest absolute Gasteiger partial charge is 0.497 e. The van der Waals surface area contributed by atoms with E-state index in [4.69, 9.17) is 4.74 Å². The Morgan fingerprint density at radius 3 is 2.50 bits per heavy atom. The van der Waals surface area contributed by atoms with Gasteiger partial charge in [0.05, 0.1) is 18.3 Å². The summed E-state index contributed by atoms with van der Waals surface area (Å²) in [6.45, 7) is 12.2. The molecule has 3 heterocycles. The van der Waals surface area contributed by atoms with Gasteiger partial charge in [0.1, 0.15) is 11.6 Å². The molecule has 6 heteroatoms. The van der Waals surface area contributed by atoms with Crippen molar-refractivity contribution in [3.8, 4) is 5.75 Å². The summed E-state index contributed by atoms with van der Waals surface area (Å²) < 4.78 is 20.0. The van der Waals surface area contributed by atoms with Gasteiger partial charge in [-0.15, -0.1) is 0 Å². The maximum Gasteiger partial charge on any atom is 0.132 e. The van der Waals surface area contributed by atoms with Crippen LogP contribution in [0.3, 0.4) is 0 Å². The summed E-state index contributed by atoms with van der Waals surface area (Å²) in [4.78, 5) is 12.1. The second kappa shape index (κ2) is 12.0. The van der Waals surface area contributed by atoms with Crippen molar-refractivity contribution in [2.75, 3.05) is 56.2 Å². The van der Waals surface area contributed by atoms with Crippen LogP contribution in [0.2, 0.25) is 0 Å². The van der Waals surface area contributed by atoms with E-state index in [9.17, 15) is 4.39 Å².